The lowest BCUT2D eigenvalue weighted by molar-refractivity contribution is 1.47. The lowest BCUT2D eigenvalue weighted by Crippen LogP contribution is -1.63. The fourth-order valence-electron chi connectivity index (χ4n) is 0.773. The van der Waals surface area contributed by atoms with Crippen molar-refractivity contribution in [3.05, 3.63) is 54.0 Å². The Balaban J connectivity index is 2.43. The van der Waals surface area contributed by atoms with Crippen molar-refractivity contribution in [2.24, 2.45) is 0 Å². The van der Waals surface area contributed by atoms with Gasteiger partial charge in [0.1, 0.15) is 0 Å². The average Bonchev–Trinajstić information content (AvgIpc) is 2.14. The Morgan fingerprint density at radius 3 is 2.50 bits per heavy atom. The quantitative estimate of drug-likeness (QED) is 0.497. The molecule has 12 heavy (non-hydrogen) atoms. The largest absolute Gasteiger partial charge is 0.0981 e. The smallest absolute Gasteiger partial charge is 0.0116 e. The summed E-state index contributed by atoms with van der Waals surface area (Å²) in [6.45, 7) is 2.01. The molecule has 0 aliphatic rings. The topological polar surface area (TPSA) is 0 Å². The first-order chi connectivity index (χ1) is 5.93. The van der Waals surface area contributed by atoms with E-state index in [1.54, 1.807) is 11.8 Å². The van der Waals surface area contributed by atoms with Crippen LogP contribution in [0.5, 0.6) is 0 Å². The van der Waals surface area contributed by atoms with Gasteiger partial charge in [-0.3, -0.25) is 0 Å². The molecule has 1 heteroatoms. The second kappa shape index (κ2) is 5.67. The zero-order valence-electron chi connectivity index (χ0n) is 7.10. The Morgan fingerprint density at radius 1 is 1.08 bits per heavy atom. The summed E-state index contributed by atoms with van der Waals surface area (Å²) >= 11 is 1.73. The molecule has 0 fully saturated rings. The Kier molecular flexibility index (Phi) is 4.32. The van der Waals surface area contributed by atoms with E-state index in [1.807, 2.05) is 43.4 Å². The molecule has 0 amide bonds. The Morgan fingerprint density at radius 2 is 1.83 bits per heavy atom. The van der Waals surface area contributed by atoms with Crippen LogP contribution in [0.15, 0.2) is 58.9 Å². The van der Waals surface area contributed by atoms with Gasteiger partial charge < -0.3 is 0 Å². The zero-order chi connectivity index (χ0) is 8.65. The third-order valence-electron chi connectivity index (χ3n) is 1.33. The molecule has 0 bridgehead atoms. The van der Waals surface area contributed by atoms with E-state index < -0.39 is 0 Å². The molecule has 0 nitrogen and oxygen atoms in total. The summed E-state index contributed by atoms with van der Waals surface area (Å²) in [4.78, 5) is 1.28. The highest BCUT2D eigenvalue weighted by atomic mass is 32.2. The summed E-state index contributed by atoms with van der Waals surface area (Å²) in [5, 5.41) is 2.08. The van der Waals surface area contributed by atoms with Gasteiger partial charge in [0.2, 0.25) is 0 Å². The van der Waals surface area contributed by atoms with E-state index in [1.165, 1.54) is 4.90 Å². The van der Waals surface area contributed by atoms with E-state index in [-0.39, 0.29) is 0 Å². The normalized spacial score (nSPS) is 11.4. The Labute approximate surface area is 78.0 Å². The van der Waals surface area contributed by atoms with Crippen molar-refractivity contribution in [3.8, 4) is 0 Å². The van der Waals surface area contributed by atoms with Crippen LogP contribution in [0.25, 0.3) is 0 Å². The minimum Gasteiger partial charge on any atom is -0.0981 e. The number of hydrogen-bond donors (Lipinski definition) is 0. The third kappa shape index (κ3) is 3.44. The minimum atomic E-state index is 1.28. The molecule has 0 radical (unpaired) electrons. The summed E-state index contributed by atoms with van der Waals surface area (Å²) in [5.74, 6) is 0. The standard InChI is InChI=1S/C11H12S/c1-2-3-7-10-12-11-8-5-4-6-9-11/h2-10H,1H3/b3-2+,10-7+. The maximum absolute atomic E-state index is 2.10. The molecule has 0 heterocycles. The monoisotopic (exact) mass is 176 g/mol. The zero-order valence-corrected chi connectivity index (χ0v) is 7.92. The summed E-state index contributed by atoms with van der Waals surface area (Å²) in [5.41, 5.74) is 0. The average molecular weight is 176 g/mol. The molecule has 0 N–H and O–H groups in total. The van der Waals surface area contributed by atoms with Gasteiger partial charge in [-0.1, -0.05) is 48.2 Å². The second-order valence-corrected chi connectivity index (χ2v) is 3.26. The molecule has 0 aliphatic heterocycles. The van der Waals surface area contributed by atoms with E-state index in [0.717, 1.165) is 0 Å². The van der Waals surface area contributed by atoms with Crippen LogP contribution in [0.4, 0.5) is 0 Å². The van der Waals surface area contributed by atoms with Gasteiger partial charge in [0.05, 0.1) is 0 Å². The molecule has 0 saturated heterocycles. The lowest BCUT2D eigenvalue weighted by atomic mass is 10.4. The molecule has 1 rings (SSSR count). The third-order valence-corrected chi connectivity index (χ3v) is 2.17. The van der Waals surface area contributed by atoms with Gasteiger partial charge >= 0.3 is 0 Å². The van der Waals surface area contributed by atoms with Gasteiger partial charge in [-0.05, 0) is 24.5 Å². The summed E-state index contributed by atoms with van der Waals surface area (Å²) < 4.78 is 0. The van der Waals surface area contributed by atoms with Crippen LogP contribution in [0.2, 0.25) is 0 Å². The summed E-state index contributed by atoms with van der Waals surface area (Å²) in [6.07, 6.45) is 6.08. The molecule has 0 saturated carbocycles. The first kappa shape index (κ1) is 9.14. The van der Waals surface area contributed by atoms with E-state index in [4.69, 9.17) is 0 Å². The van der Waals surface area contributed by atoms with Crippen LogP contribution in [-0.2, 0) is 0 Å². The molecule has 62 valence electrons. The molecular weight excluding hydrogens is 164 g/mol. The van der Waals surface area contributed by atoms with Gasteiger partial charge in [0, 0.05) is 4.90 Å². The van der Waals surface area contributed by atoms with E-state index in [2.05, 4.69) is 17.5 Å². The number of allylic oxidation sites excluding steroid dienone is 3. The summed E-state index contributed by atoms with van der Waals surface area (Å²) in [7, 11) is 0. The Bertz CT molecular complexity index is 260. The van der Waals surface area contributed by atoms with Crippen LogP contribution in [0.1, 0.15) is 6.92 Å². The SMILES string of the molecule is C/C=C/C=C/Sc1ccccc1. The maximum atomic E-state index is 2.10. The van der Waals surface area contributed by atoms with E-state index in [0.29, 0.717) is 0 Å². The maximum Gasteiger partial charge on any atom is 0.0116 e. The number of benzene rings is 1. The highest BCUT2D eigenvalue weighted by molar-refractivity contribution is 8.02. The van der Waals surface area contributed by atoms with Crippen molar-refractivity contribution in [1.82, 2.24) is 0 Å². The molecule has 1 aromatic rings. The van der Waals surface area contributed by atoms with Crippen molar-refractivity contribution in [2.45, 2.75) is 11.8 Å². The van der Waals surface area contributed by atoms with Gasteiger partial charge in [0.15, 0.2) is 0 Å². The molecule has 0 atom stereocenters. The highest BCUT2D eigenvalue weighted by Gasteiger charge is 1.84. The van der Waals surface area contributed by atoms with E-state index >= 15 is 0 Å². The van der Waals surface area contributed by atoms with Crippen molar-refractivity contribution in [3.63, 3.8) is 0 Å². The number of rotatable bonds is 3. The summed E-state index contributed by atoms with van der Waals surface area (Å²) in [6, 6.07) is 10.3. The predicted octanol–water partition coefficient (Wildman–Crippen LogP) is 3.87. The fraction of sp³-hybridized carbons (Fsp3) is 0.0909. The van der Waals surface area contributed by atoms with Crippen molar-refractivity contribution in [1.29, 1.82) is 0 Å². The second-order valence-electron chi connectivity index (χ2n) is 2.29. The predicted molar refractivity (Wildman–Crippen MR) is 56.3 cm³/mol. The van der Waals surface area contributed by atoms with Gasteiger partial charge in [0.25, 0.3) is 0 Å². The van der Waals surface area contributed by atoms with Crippen molar-refractivity contribution in [2.75, 3.05) is 0 Å². The van der Waals surface area contributed by atoms with Crippen LogP contribution in [-0.4, -0.2) is 0 Å². The molecular formula is C11H12S. The molecule has 0 unspecified atom stereocenters. The first-order valence-electron chi connectivity index (χ1n) is 3.93. The Hall–Kier alpha value is -0.950. The number of thioether (sulfide) groups is 1. The van der Waals surface area contributed by atoms with E-state index in [9.17, 15) is 0 Å². The van der Waals surface area contributed by atoms with Crippen LogP contribution in [0, 0.1) is 0 Å². The van der Waals surface area contributed by atoms with Gasteiger partial charge in [-0.15, -0.1) is 0 Å². The van der Waals surface area contributed by atoms with Gasteiger partial charge in [-0.2, -0.15) is 0 Å². The van der Waals surface area contributed by atoms with Crippen molar-refractivity contribution < 1.29 is 0 Å². The van der Waals surface area contributed by atoms with Crippen molar-refractivity contribution >= 4 is 11.8 Å². The van der Waals surface area contributed by atoms with Crippen LogP contribution < -0.4 is 0 Å². The minimum absolute atomic E-state index is 1.28. The number of hydrogen-bond acceptors (Lipinski definition) is 1. The fourth-order valence-corrected chi connectivity index (χ4v) is 1.41. The first-order valence-corrected chi connectivity index (χ1v) is 4.81. The molecule has 0 spiro atoms. The molecule has 0 aromatic heterocycles. The highest BCUT2D eigenvalue weighted by Crippen LogP contribution is 2.17. The van der Waals surface area contributed by atoms with Crippen LogP contribution >= 0.6 is 11.8 Å². The van der Waals surface area contributed by atoms with Gasteiger partial charge in [-0.25, -0.2) is 0 Å². The molecule has 0 aliphatic carbocycles. The van der Waals surface area contributed by atoms with Crippen LogP contribution in [0.3, 0.4) is 0 Å². The molecule has 1 aromatic carbocycles. The lowest BCUT2D eigenvalue weighted by Gasteiger charge is -1.91.